The molecule has 0 aliphatic heterocycles. The molecule has 0 saturated heterocycles. The van der Waals surface area contributed by atoms with Crippen LogP contribution < -0.4 is 0 Å². The van der Waals surface area contributed by atoms with Crippen LogP contribution in [0.2, 0.25) is 10.0 Å². The number of hydrogen-bond donors (Lipinski definition) is 1. The normalized spacial score (nSPS) is 13.0. The van der Waals surface area contributed by atoms with Gasteiger partial charge in [-0.2, -0.15) is 0 Å². The van der Waals surface area contributed by atoms with Crippen LogP contribution in [-0.4, -0.2) is 42.0 Å². The first-order valence-electron chi connectivity index (χ1n) is 5.93. The van der Waals surface area contributed by atoms with E-state index in [1.807, 2.05) is 19.1 Å². The van der Waals surface area contributed by atoms with Crippen LogP contribution in [0.3, 0.4) is 0 Å². The van der Waals surface area contributed by atoms with E-state index in [2.05, 4.69) is 11.9 Å². The van der Waals surface area contributed by atoms with Gasteiger partial charge in [-0.1, -0.05) is 23.2 Å². The van der Waals surface area contributed by atoms with Crippen LogP contribution in [0.1, 0.15) is 13.3 Å². The van der Waals surface area contributed by atoms with Crippen LogP contribution in [-0.2, 0) is 0 Å². The van der Waals surface area contributed by atoms with Gasteiger partial charge in [0.05, 0.1) is 11.1 Å². The predicted molar refractivity (Wildman–Crippen MR) is 81.0 cm³/mol. The molecule has 0 heterocycles. The molecule has 1 N–H and O–H groups in total. The highest BCUT2D eigenvalue weighted by Crippen LogP contribution is 2.29. The molecule has 0 amide bonds. The topological polar surface area (TPSA) is 23.5 Å². The van der Waals surface area contributed by atoms with Crippen molar-refractivity contribution in [2.75, 3.05) is 25.9 Å². The second-order valence-corrected chi connectivity index (χ2v) is 6.34. The Morgan fingerprint density at radius 1 is 1.33 bits per heavy atom. The SMILES string of the molecule is CC(O)CCN(C)CCSc1cc(Cl)ccc1Cl. The molecule has 1 rings (SSSR count). The summed E-state index contributed by atoms with van der Waals surface area (Å²) in [5.41, 5.74) is 0. The molecule has 1 aromatic rings. The monoisotopic (exact) mass is 307 g/mol. The van der Waals surface area contributed by atoms with E-state index in [0.717, 1.165) is 35.2 Å². The highest BCUT2D eigenvalue weighted by atomic mass is 35.5. The molecule has 0 fully saturated rings. The minimum Gasteiger partial charge on any atom is -0.393 e. The zero-order valence-electron chi connectivity index (χ0n) is 10.7. The Morgan fingerprint density at radius 2 is 2.06 bits per heavy atom. The van der Waals surface area contributed by atoms with E-state index in [1.165, 1.54) is 0 Å². The first kappa shape index (κ1) is 16.1. The maximum atomic E-state index is 9.21. The van der Waals surface area contributed by atoms with E-state index in [-0.39, 0.29) is 6.10 Å². The summed E-state index contributed by atoms with van der Waals surface area (Å²) in [4.78, 5) is 3.23. The number of nitrogens with zero attached hydrogens (tertiary/aromatic N) is 1. The standard InChI is InChI=1S/C13H19Cl2NOS/c1-10(17)5-6-16(2)7-8-18-13-9-11(14)3-4-12(13)15/h3-4,9-10,17H,5-8H2,1-2H3. The van der Waals surface area contributed by atoms with Gasteiger partial charge in [0.2, 0.25) is 0 Å². The van der Waals surface area contributed by atoms with Crippen molar-refractivity contribution in [1.82, 2.24) is 4.90 Å². The van der Waals surface area contributed by atoms with Gasteiger partial charge >= 0.3 is 0 Å². The summed E-state index contributed by atoms with van der Waals surface area (Å²) in [6.45, 7) is 3.68. The van der Waals surface area contributed by atoms with Crippen molar-refractivity contribution in [1.29, 1.82) is 0 Å². The summed E-state index contributed by atoms with van der Waals surface area (Å²) in [7, 11) is 2.06. The van der Waals surface area contributed by atoms with Gasteiger partial charge in [0.1, 0.15) is 0 Å². The van der Waals surface area contributed by atoms with Crippen molar-refractivity contribution in [3.8, 4) is 0 Å². The second kappa shape index (κ2) is 8.28. The number of halogens is 2. The smallest absolute Gasteiger partial charge is 0.0542 e. The molecule has 0 aromatic heterocycles. The molecule has 1 unspecified atom stereocenters. The molecule has 0 aliphatic carbocycles. The lowest BCUT2D eigenvalue weighted by Gasteiger charge is -2.17. The third-order valence-electron chi connectivity index (χ3n) is 2.55. The van der Waals surface area contributed by atoms with Gasteiger partial charge in [0, 0.05) is 28.8 Å². The number of aliphatic hydroxyl groups excluding tert-OH is 1. The first-order chi connectivity index (χ1) is 8.49. The fourth-order valence-corrected chi connectivity index (χ4v) is 2.98. The number of rotatable bonds is 7. The molecular formula is C13H19Cl2NOS. The average molecular weight is 308 g/mol. The zero-order valence-corrected chi connectivity index (χ0v) is 13.0. The van der Waals surface area contributed by atoms with Crippen molar-refractivity contribution in [2.24, 2.45) is 0 Å². The lowest BCUT2D eigenvalue weighted by Crippen LogP contribution is -2.24. The quantitative estimate of drug-likeness (QED) is 0.775. The summed E-state index contributed by atoms with van der Waals surface area (Å²) in [6.07, 6.45) is 0.571. The van der Waals surface area contributed by atoms with Crippen molar-refractivity contribution < 1.29 is 5.11 Å². The van der Waals surface area contributed by atoms with Crippen LogP contribution in [0.4, 0.5) is 0 Å². The molecule has 2 nitrogen and oxygen atoms in total. The Bertz CT molecular complexity index is 374. The zero-order chi connectivity index (χ0) is 13.5. The third kappa shape index (κ3) is 6.30. The molecular weight excluding hydrogens is 289 g/mol. The highest BCUT2D eigenvalue weighted by molar-refractivity contribution is 7.99. The molecule has 18 heavy (non-hydrogen) atoms. The van der Waals surface area contributed by atoms with Gasteiger partial charge in [0.25, 0.3) is 0 Å². The highest BCUT2D eigenvalue weighted by Gasteiger charge is 2.04. The van der Waals surface area contributed by atoms with E-state index in [1.54, 1.807) is 17.8 Å². The van der Waals surface area contributed by atoms with Crippen LogP contribution in [0, 0.1) is 0 Å². The molecule has 0 aliphatic rings. The van der Waals surface area contributed by atoms with Crippen LogP contribution >= 0.6 is 35.0 Å². The fourth-order valence-electron chi connectivity index (χ4n) is 1.42. The fraction of sp³-hybridized carbons (Fsp3) is 0.538. The molecule has 1 atom stereocenters. The summed E-state index contributed by atoms with van der Waals surface area (Å²) in [6, 6.07) is 5.51. The van der Waals surface area contributed by atoms with E-state index < -0.39 is 0 Å². The third-order valence-corrected chi connectivity index (χ3v) is 4.26. The maximum Gasteiger partial charge on any atom is 0.0542 e. The number of benzene rings is 1. The number of thioether (sulfide) groups is 1. The van der Waals surface area contributed by atoms with E-state index in [4.69, 9.17) is 23.2 Å². The molecule has 5 heteroatoms. The van der Waals surface area contributed by atoms with Gasteiger partial charge in [-0.3, -0.25) is 0 Å². The van der Waals surface area contributed by atoms with Gasteiger partial charge < -0.3 is 10.0 Å². The lowest BCUT2D eigenvalue weighted by molar-refractivity contribution is 0.166. The van der Waals surface area contributed by atoms with Gasteiger partial charge in [-0.05, 0) is 38.6 Å². The molecule has 0 spiro atoms. The Labute approximate surface area is 123 Å². The van der Waals surface area contributed by atoms with E-state index >= 15 is 0 Å². The summed E-state index contributed by atoms with van der Waals surface area (Å²) in [5, 5.41) is 10.7. The van der Waals surface area contributed by atoms with Crippen molar-refractivity contribution in [2.45, 2.75) is 24.3 Å². The lowest BCUT2D eigenvalue weighted by atomic mass is 10.3. The van der Waals surface area contributed by atoms with E-state index in [9.17, 15) is 5.11 Å². The Hall–Kier alpha value is 0.0700. The summed E-state index contributed by atoms with van der Waals surface area (Å²) in [5.74, 6) is 0.955. The Balaban J connectivity index is 2.30. The largest absolute Gasteiger partial charge is 0.393 e. The van der Waals surface area contributed by atoms with Gasteiger partial charge in [0.15, 0.2) is 0 Å². The Morgan fingerprint density at radius 3 is 2.72 bits per heavy atom. The number of hydrogen-bond acceptors (Lipinski definition) is 3. The summed E-state index contributed by atoms with van der Waals surface area (Å²) >= 11 is 13.7. The van der Waals surface area contributed by atoms with E-state index in [0.29, 0.717) is 5.02 Å². The van der Waals surface area contributed by atoms with Gasteiger partial charge in [-0.15, -0.1) is 11.8 Å². The Kier molecular flexibility index (Phi) is 7.42. The predicted octanol–water partition coefficient (Wildman–Crippen LogP) is 3.79. The van der Waals surface area contributed by atoms with Crippen molar-refractivity contribution in [3.05, 3.63) is 28.2 Å². The maximum absolute atomic E-state index is 9.21. The molecule has 1 aromatic carbocycles. The van der Waals surface area contributed by atoms with Gasteiger partial charge in [-0.25, -0.2) is 0 Å². The molecule has 0 radical (unpaired) electrons. The van der Waals surface area contributed by atoms with Crippen LogP contribution in [0.25, 0.3) is 0 Å². The minimum absolute atomic E-state index is 0.234. The molecule has 0 saturated carbocycles. The van der Waals surface area contributed by atoms with Crippen molar-refractivity contribution >= 4 is 35.0 Å². The van der Waals surface area contributed by atoms with Crippen molar-refractivity contribution in [3.63, 3.8) is 0 Å². The number of aliphatic hydroxyl groups is 1. The second-order valence-electron chi connectivity index (χ2n) is 4.36. The summed E-state index contributed by atoms with van der Waals surface area (Å²) < 4.78 is 0. The molecule has 102 valence electrons. The van der Waals surface area contributed by atoms with Crippen LogP contribution in [0.5, 0.6) is 0 Å². The minimum atomic E-state index is -0.234. The first-order valence-corrected chi connectivity index (χ1v) is 7.67. The average Bonchev–Trinajstić information content (AvgIpc) is 2.31. The molecule has 0 bridgehead atoms. The van der Waals surface area contributed by atoms with Crippen LogP contribution in [0.15, 0.2) is 23.1 Å².